The number of rotatable bonds is 2. The van der Waals surface area contributed by atoms with E-state index in [1.54, 1.807) is 6.92 Å². The number of aliphatic hydroxyl groups excluding tert-OH is 1. The Morgan fingerprint density at radius 2 is 1.38 bits per heavy atom. The summed E-state index contributed by atoms with van der Waals surface area (Å²) in [6.07, 6.45) is 0. The van der Waals surface area contributed by atoms with Gasteiger partial charge in [0, 0.05) is 6.61 Å². The first-order chi connectivity index (χ1) is 3.83. The van der Waals surface area contributed by atoms with E-state index in [2.05, 4.69) is 19.2 Å². The first kappa shape index (κ1) is 10.8. The fraction of sp³-hybridized carbons (Fsp3) is 1.00. The summed E-state index contributed by atoms with van der Waals surface area (Å²) >= 11 is 0. The van der Waals surface area contributed by atoms with Crippen molar-refractivity contribution in [2.75, 3.05) is 19.7 Å². The molecule has 0 spiro atoms. The van der Waals surface area contributed by atoms with Gasteiger partial charge in [-0.05, 0) is 20.0 Å². The first-order valence-corrected chi connectivity index (χ1v) is 3.14. The molecule has 0 heterocycles. The van der Waals surface area contributed by atoms with Gasteiger partial charge in [0.15, 0.2) is 0 Å². The number of aliphatic hydroxyl groups is 1. The van der Waals surface area contributed by atoms with Crippen LogP contribution in [0.5, 0.6) is 0 Å². The third-order valence-electron chi connectivity index (χ3n) is 0.500. The van der Waals surface area contributed by atoms with Crippen LogP contribution in [-0.4, -0.2) is 24.8 Å². The summed E-state index contributed by atoms with van der Waals surface area (Å²) in [5.41, 5.74) is 0. The molecule has 0 aliphatic carbocycles. The zero-order chi connectivity index (χ0) is 6.83. The predicted molar refractivity (Wildman–Crippen MR) is 37.0 cm³/mol. The molecule has 0 rings (SSSR count). The maximum atomic E-state index is 7.57. The minimum Gasteiger partial charge on any atom is -0.397 e. The van der Waals surface area contributed by atoms with Gasteiger partial charge in [-0.15, -0.1) is 0 Å². The SMILES string of the molecule is CCNCC.CCO. The molecule has 0 saturated heterocycles. The molecule has 0 radical (unpaired) electrons. The molecule has 0 aliphatic rings. The molecule has 0 amide bonds. The zero-order valence-electron chi connectivity index (χ0n) is 6.07. The quantitative estimate of drug-likeness (QED) is 0.558. The van der Waals surface area contributed by atoms with Crippen LogP contribution in [0, 0.1) is 0 Å². The minimum absolute atomic E-state index is 0.250. The molecule has 0 aliphatic heterocycles. The summed E-state index contributed by atoms with van der Waals surface area (Å²) in [5, 5.41) is 10.7. The van der Waals surface area contributed by atoms with Crippen LogP contribution in [0.4, 0.5) is 0 Å². The molecule has 2 nitrogen and oxygen atoms in total. The van der Waals surface area contributed by atoms with Gasteiger partial charge in [-0.2, -0.15) is 0 Å². The zero-order valence-corrected chi connectivity index (χ0v) is 6.07. The number of hydrogen-bond donors (Lipinski definition) is 2. The largest absolute Gasteiger partial charge is 0.397 e. The molecule has 0 saturated carbocycles. The van der Waals surface area contributed by atoms with Gasteiger partial charge >= 0.3 is 0 Å². The number of hydrogen-bond acceptors (Lipinski definition) is 2. The van der Waals surface area contributed by atoms with Crippen molar-refractivity contribution in [2.45, 2.75) is 20.8 Å². The normalized spacial score (nSPS) is 7.50. The summed E-state index contributed by atoms with van der Waals surface area (Å²) in [6.45, 7) is 8.32. The molecule has 0 atom stereocenters. The van der Waals surface area contributed by atoms with Crippen LogP contribution in [0.15, 0.2) is 0 Å². The molecule has 2 heteroatoms. The molecule has 0 unspecified atom stereocenters. The van der Waals surface area contributed by atoms with Gasteiger partial charge in [0.2, 0.25) is 0 Å². The third kappa shape index (κ3) is 38.9. The minimum atomic E-state index is 0.250. The molecule has 0 fully saturated rings. The average molecular weight is 119 g/mol. The van der Waals surface area contributed by atoms with E-state index < -0.39 is 0 Å². The second-order valence-corrected chi connectivity index (χ2v) is 1.27. The Labute approximate surface area is 51.9 Å². The smallest absolute Gasteiger partial charge is 0.0402 e. The fourth-order valence-electron chi connectivity index (χ4n) is 0.250. The summed E-state index contributed by atoms with van der Waals surface area (Å²) in [5.74, 6) is 0. The van der Waals surface area contributed by atoms with Crippen LogP contribution in [0.3, 0.4) is 0 Å². The lowest BCUT2D eigenvalue weighted by molar-refractivity contribution is 0.318. The van der Waals surface area contributed by atoms with Crippen LogP contribution in [0.1, 0.15) is 20.8 Å². The van der Waals surface area contributed by atoms with Gasteiger partial charge in [-0.3, -0.25) is 0 Å². The second kappa shape index (κ2) is 15.8. The van der Waals surface area contributed by atoms with Gasteiger partial charge < -0.3 is 10.4 Å². The van der Waals surface area contributed by atoms with Crippen molar-refractivity contribution in [3.05, 3.63) is 0 Å². The lowest BCUT2D eigenvalue weighted by Gasteiger charge is -1.86. The Morgan fingerprint density at radius 3 is 1.38 bits per heavy atom. The Balaban J connectivity index is 0. The monoisotopic (exact) mass is 119 g/mol. The summed E-state index contributed by atoms with van der Waals surface area (Å²) in [7, 11) is 0. The van der Waals surface area contributed by atoms with Gasteiger partial charge in [0.05, 0.1) is 0 Å². The van der Waals surface area contributed by atoms with E-state index in [0.29, 0.717) is 0 Å². The fourth-order valence-corrected chi connectivity index (χ4v) is 0.250. The van der Waals surface area contributed by atoms with E-state index in [0.717, 1.165) is 13.1 Å². The van der Waals surface area contributed by atoms with Crippen LogP contribution in [0.2, 0.25) is 0 Å². The molecule has 2 N–H and O–H groups in total. The average Bonchev–Trinajstić information content (AvgIpc) is 1.71. The molecular weight excluding hydrogens is 102 g/mol. The molecule has 8 heavy (non-hydrogen) atoms. The molecular formula is C6H17NO. The lowest BCUT2D eigenvalue weighted by Crippen LogP contribution is -2.09. The maximum Gasteiger partial charge on any atom is 0.0402 e. The van der Waals surface area contributed by atoms with Crippen LogP contribution >= 0.6 is 0 Å². The number of nitrogens with one attached hydrogen (secondary N) is 1. The highest BCUT2D eigenvalue weighted by molar-refractivity contribution is 4.27. The van der Waals surface area contributed by atoms with Crippen LogP contribution in [-0.2, 0) is 0 Å². The van der Waals surface area contributed by atoms with Crippen molar-refractivity contribution >= 4 is 0 Å². The van der Waals surface area contributed by atoms with Gasteiger partial charge in [-0.1, -0.05) is 13.8 Å². The van der Waals surface area contributed by atoms with Crippen molar-refractivity contribution < 1.29 is 5.11 Å². The molecule has 0 aromatic heterocycles. The van der Waals surface area contributed by atoms with Gasteiger partial charge in [0.25, 0.3) is 0 Å². The Bertz CT molecular complexity index is 22.5. The molecule has 52 valence electrons. The molecule has 0 aromatic rings. The molecule has 0 aromatic carbocycles. The lowest BCUT2D eigenvalue weighted by atomic mass is 10.7. The van der Waals surface area contributed by atoms with Crippen molar-refractivity contribution in [3.63, 3.8) is 0 Å². The highest BCUT2D eigenvalue weighted by Gasteiger charge is 1.62. The van der Waals surface area contributed by atoms with E-state index in [-0.39, 0.29) is 6.61 Å². The highest BCUT2D eigenvalue weighted by Crippen LogP contribution is 1.47. The summed E-state index contributed by atoms with van der Waals surface area (Å²) < 4.78 is 0. The van der Waals surface area contributed by atoms with Crippen molar-refractivity contribution in [1.82, 2.24) is 5.32 Å². The molecule has 0 bridgehead atoms. The van der Waals surface area contributed by atoms with Crippen molar-refractivity contribution in [3.8, 4) is 0 Å². The van der Waals surface area contributed by atoms with Gasteiger partial charge in [-0.25, -0.2) is 0 Å². The van der Waals surface area contributed by atoms with Gasteiger partial charge in [0.1, 0.15) is 0 Å². The Kier molecular flexibility index (Phi) is 21.3. The van der Waals surface area contributed by atoms with E-state index in [4.69, 9.17) is 5.11 Å². The van der Waals surface area contributed by atoms with Crippen molar-refractivity contribution in [2.24, 2.45) is 0 Å². The van der Waals surface area contributed by atoms with E-state index in [1.807, 2.05) is 0 Å². The predicted octanol–water partition coefficient (Wildman–Crippen LogP) is 0.614. The third-order valence-corrected chi connectivity index (χ3v) is 0.500. The van der Waals surface area contributed by atoms with E-state index >= 15 is 0 Å². The highest BCUT2D eigenvalue weighted by atomic mass is 16.2. The first-order valence-electron chi connectivity index (χ1n) is 3.14. The van der Waals surface area contributed by atoms with Crippen molar-refractivity contribution in [1.29, 1.82) is 0 Å². The topological polar surface area (TPSA) is 32.3 Å². The van der Waals surface area contributed by atoms with Crippen LogP contribution in [0.25, 0.3) is 0 Å². The van der Waals surface area contributed by atoms with Crippen LogP contribution < -0.4 is 5.32 Å². The standard InChI is InChI=1S/C4H11N.C2H6O/c1-3-5-4-2;1-2-3/h5H,3-4H2,1-2H3;3H,2H2,1H3. The Morgan fingerprint density at radius 1 is 1.12 bits per heavy atom. The second-order valence-electron chi connectivity index (χ2n) is 1.27. The Hall–Kier alpha value is -0.0800. The van der Waals surface area contributed by atoms with E-state index in [1.165, 1.54) is 0 Å². The maximum absolute atomic E-state index is 7.57. The summed E-state index contributed by atoms with van der Waals surface area (Å²) in [4.78, 5) is 0. The van der Waals surface area contributed by atoms with E-state index in [9.17, 15) is 0 Å². The summed E-state index contributed by atoms with van der Waals surface area (Å²) in [6, 6.07) is 0.